The normalized spacial score (nSPS) is 14.2. The summed E-state index contributed by atoms with van der Waals surface area (Å²) >= 11 is 0. The summed E-state index contributed by atoms with van der Waals surface area (Å²) in [5, 5.41) is 10.2. The van der Waals surface area contributed by atoms with Crippen LogP contribution in [0, 0.1) is 17.6 Å². The average molecular weight is 657 g/mol. The fourth-order valence-electron chi connectivity index (χ4n) is 6.10. The van der Waals surface area contributed by atoms with E-state index in [2.05, 4.69) is 35.5 Å². The topological polar surface area (TPSA) is 159 Å². The Labute approximate surface area is 268 Å². The number of nitrogens with one attached hydrogen (secondary N) is 3. The van der Waals surface area contributed by atoms with Crippen molar-refractivity contribution in [2.45, 2.75) is 38.5 Å². The molecule has 0 unspecified atom stereocenters. The van der Waals surface area contributed by atoms with Crippen LogP contribution in [0.15, 0.2) is 55.2 Å². The molecule has 11 nitrogen and oxygen atoms in total. The Kier molecular flexibility index (Phi) is 7.96. The van der Waals surface area contributed by atoms with Crippen LogP contribution in [0.25, 0.3) is 55.8 Å². The lowest BCUT2D eigenvalue weighted by molar-refractivity contribution is -0.120. The van der Waals surface area contributed by atoms with Crippen LogP contribution < -0.4 is 5.32 Å². The second-order valence-corrected chi connectivity index (χ2v) is 14.2. The summed E-state index contributed by atoms with van der Waals surface area (Å²) in [6.07, 6.45) is 13.8. The zero-order valence-electron chi connectivity index (χ0n) is 25.3. The number of nitrogens with zero attached hydrogens (tertiary/aromatic N) is 5. The van der Waals surface area contributed by atoms with E-state index in [9.17, 15) is 17.6 Å². The first-order chi connectivity index (χ1) is 22.6. The molecule has 7 rings (SSSR count). The van der Waals surface area contributed by atoms with Gasteiger partial charge < -0.3 is 10.3 Å². The average Bonchev–Trinajstić information content (AvgIpc) is 3.69. The predicted octanol–water partition coefficient (Wildman–Crippen LogP) is 6.01. The second kappa shape index (κ2) is 12.2. The Bertz CT molecular complexity index is 2260. The number of amides is 1. The van der Waals surface area contributed by atoms with Gasteiger partial charge in [0.1, 0.15) is 27.0 Å². The van der Waals surface area contributed by atoms with E-state index >= 15 is 4.39 Å². The molecule has 5 heterocycles. The predicted molar refractivity (Wildman–Crippen MR) is 174 cm³/mol. The molecule has 1 saturated carbocycles. The summed E-state index contributed by atoms with van der Waals surface area (Å²) in [4.78, 5) is 33.5. The first-order valence-electron chi connectivity index (χ1n) is 15.2. The first-order valence-corrected chi connectivity index (χ1v) is 17.3. The van der Waals surface area contributed by atoms with Crippen LogP contribution in [0.2, 0.25) is 0 Å². The zero-order chi connectivity index (χ0) is 32.7. The molecule has 0 spiro atoms. The number of benzene rings is 1. The minimum absolute atomic E-state index is 0.0289. The summed E-state index contributed by atoms with van der Waals surface area (Å²) in [5.74, 6) is -1.15. The lowest BCUT2D eigenvalue weighted by Gasteiger charge is -2.20. The van der Waals surface area contributed by atoms with Crippen molar-refractivity contribution < 1.29 is 22.0 Å². The van der Waals surface area contributed by atoms with Gasteiger partial charge in [-0.05, 0) is 48.6 Å². The van der Waals surface area contributed by atoms with Crippen LogP contribution in [0.3, 0.4) is 0 Å². The van der Waals surface area contributed by atoms with Crippen LogP contribution in [0.5, 0.6) is 0 Å². The minimum atomic E-state index is -3.24. The molecule has 14 heteroatoms. The van der Waals surface area contributed by atoms with Crippen LogP contribution in [-0.4, -0.2) is 61.5 Å². The number of halogens is 2. The number of hydrogen-bond acceptors (Lipinski definition) is 8. The highest BCUT2D eigenvalue weighted by Gasteiger charge is 2.24. The van der Waals surface area contributed by atoms with Crippen LogP contribution in [0.1, 0.15) is 37.7 Å². The van der Waals surface area contributed by atoms with Gasteiger partial charge in [-0.15, -0.1) is 0 Å². The standard InChI is InChI=1S/C33H30F2N8O3S/c1-47(45,46)8-7-18-9-20(11-22(34)10-18)24-15-37-16-26-30(24)41-32(40-26)31-27-25(42-43-31)17-38-29(28(27)35)21-12-23(14-36-13-21)39-33(44)19-5-3-2-4-6-19/h9-17,19H,2-8H2,1H3,(H,39,44)(H,40,41)(H,42,43). The molecule has 1 fully saturated rings. The van der Waals surface area contributed by atoms with Gasteiger partial charge in [-0.25, -0.2) is 22.2 Å². The van der Waals surface area contributed by atoms with Gasteiger partial charge in [-0.3, -0.25) is 24.8 Å². The number of carbonyl (C=O) groups excluding carboxylic acids is 1. The number of aromatic nitrogens is 7. The van der Waals surface area contributed by atoms with Gasteiger partial charge in [-0.1, -0.05) is 25.3 Å². The molecule has 0 radical (unpaired) electrons. The number of carbonyl (C=O) groups is 1. The van der Waals surface area contributed by atoms with Crippen molar-refractivity contribution in [1.82, 2.24) is 35.1 Å². The van der Waals surface area contributed by atoms with Gasteiger partial charge in [0.2, 0.25) is 5.91 Å². The molecule has 47 heavy (non-hydrogen) atoms. The smallest absolute Gasteiger partial charge is 0.227 e. The van der Waals surface area contributed by atoms with E-state index in [1.807, 2.05) is 0 Å². The maximum atomic E-state index is 16.3. The van der Waals surface area contributed by atoms with E-state index in [4.69, 9.17) is 4.98 Å². The van der Waals surface area contributed by atoms with Gasteiger partial charge >= 0.3 is 0 Å². The van der Waals surface area contributed by atoms with Crippen LogP contribution >= 0.6 is 0 Å². The Hall–Kier alpha value is -5.11. The number of fused-ring (bicyclic) bond motifs is 2. The Balaban J connectivity index is 1.24. The van der Waals surface area contributed by atoms with Crippen molar-refractivity contribution in [3.63, 3.8) is 0 Å². The summed E-state index contributed by atoms with van der Waals surface area (Å²) in [6.45, 7) is 0. The lowest BCUT2D eigenvalue weighted by Crippen LogP contribution is -2.24. The molecule has 0 atom stereocenters. The highest BCUT2D eigenvalue weighted by Crippen LogP contribution is 2.35. The third kappa shape index (κ3) is 6.32. The fraction of sp³-hybridized carbons (Fsp3) is 0.273. The maximum absolute atomic E-state index is 16.3. The number of rotatable bonds is 8. The van der Waals surface area contributed by atoms with Gasteiger partial charge in [0, 0.05) is 35.7 Å². The summed E-state index contributed by atoms with van der Waals surface area (Å²) in [5.41, 5.74) is 3.87. The Morgan fingerprint density at radius 3 is 2.55 bits per heavy atom. The van der Waals surface area contributed by atoms with Crippen LogP contribution in [0.4, 0.5) is 14.5 Å². The molecule has 6 aromatic rings. The first kappa shape index (κ1) is 30.5. The van der Waals surface area contributed by atoms with Crippen molar-refractivity contribution in [3.05, 3.63) is 72.4 Å². The van der Waals surface area contributed by atoms with Crippen molar-refractivity contribution >= 4 is 43.4 Å². The molecule has 240 valence electrons. The quantitative estimate of drug-likeness (QED) is 0.180. The van der Waals surface area contributed by atoms with Gasteiger partial charge in [0.25, 0.3) is 0 Å². The lowest BCUT2D eigenvalue weighted by atomic mass is 9.88. The fourth-order valence-corrected chi connectivity index (χ4v) is 6.71. The van der Waals surface area contributed by atoms with Crippen molar-refractivity contribution in [1.29, 1.82) is 0 Å². The van der Waals surface area contributed by atoms with Crippen molar-refractivity contribution in [3.8, 4) is 33.9 Å². The molecular weight excluding hydrogens is 626 g/mol. The molecule has 5 aromatic heterocycles. The van der Waals surface area contributed by atoms with Crippen molar-refractivity contribution in [2.24, 2.45) is 5.92 Å². The molecule has 0 aliphatic heterocycles. The number of hydrogen-bond donors (Lipinski definition) is 3. The number of aromatic amines is 2. The molecule has 1 aromatic carbocycles. The number of sulfone groups is 1. The van der Waals surface area contributed by atoms with E-state index in [0.29, 0.717) is 44.5 Å². The number of H-pyrrole nitrogens is 2. The van der Waals surface area contributed by atoms with E-state index < -0.39 is 21.5 Å². The largest absolute Gasteiger partial charge is 0.335 e. The Morgan fingerprint density at radius 2 is 1.74 bits per heavy atom. The van der Waals surface area contributed by atoms with E-state index in [1.165, 1.54) is 30.7 Å². The highest BCUT2D eigenvalue weighted by molar-refractivity contribution is 7.90. The SMILES string of the molecule is CS(=O)(=O)CCc1cc(F)cc(-c2cncc3[nH]c(-c4n[nH]c5cnc(-c6cncc(NC(=O)C7CCCCC7)c6)c(F)c45)nc23)c1. The maximum Gasteiger partial charge on any atom is 0.227 e. The summed E-state index contributed by atoms with van der Waals surface area (Å²) in [6, 6.07) is 5.99. The molecule has 0 saturated heterocycles. The molecule has 0 bridgehead atoms. The monoisotopic (exact) mass is 656 g/mol. The molecule has 1 amide bonds. The van der Waals surface area contributed by atoms with Gasteiger partial charge in [0.15, 0.2) is 11.6 Å². The third-order valence-electron chi connectivity index (χ3n) is 8.45. The van der Waals surface area contributed by atoms with E-state index in [-0.39, 0.29) is 46.6 Å². The molecular formula is C33H30F2N8O3S. The number of imidazole rings is 1. The number of anilines is 1. The van der Waals surface area contributed by atoms with E-state index in [1.54, 1.807) is 24.5 Å². The molecule has 3 N–H and O–H groups in total. The number of pyridine rings is 3. The minimum Gasteiger partial charge on any atom is -0.335 e. The highest BCUT2D eigenvalue weighted by atomic mass is 32.2. The zero-order valence-corrected chi connectivity index (χ0v) is 26.2. The number of aryl methyl sites for hydroxylation is 1. The molecule has 1 aliphatic rings. The van der Waals surface area contributed by atoms with E-state index in [0.717, 1.165) is 38.4 Å². The van der Waals surface area contributed by atoms with Gasteiger partial charge in [-0.2, -0.15) is 5.10 Å². The van der Waals surface area contributed by atoms with Gasteiger partial charge in [0.05, 0.1) is 52.0 Å². The Morgan fingerprint density at radius 1 is 0.936 bits per heavy atom. The summed E-state index contributed by atoms with van der Waals surface area (Å²) < 4.78 is 54.3. The second-order valence-electron chi connectivity index (χ2n) is 12.0. The van der Waals surface area contributed by atoms with Crippen molar-refractivity contribution in [2.75, 3.05) is 17.3 Å². The third-order valence-corrected chi connectivity index (χ3v) is 9.39. The van der Waals surface area contributed by atoms with Crippen LogP contribution in [-0.2, 0) is 21.1 Å². The molecule has 1 aliphatic carbocycles. The summed E-state index contributed by atoms with van der Waals surface area (Å²) in [7, 11) is -3.24.